The quantitative estimate of drug-likeness (QED) is 0.670. The minimum absolute atomic E-state index is 0.0309. The molecule has 1 aromatic rings. The lowest BCUT2D eigenvalue weighted by Gasteiger charge is -2.47. The third kappa shape index (κ3) is 2.45. The van der Waals surface area contributed by atoms with Gasteiger partial charge in [0.25, 0.3) is 0 Å². The Kier molecular flexibility index (Phi) is 4.24. The molecular formula is C27H37NO2. The van der Waals surface area contributed by atoms with Crippen LogP contribution in [-0.4, -0.2) is 18.6 Å². The predicted molar refractivity (Wildman–Crippen MR) is 118 cm³/mol. The van der Waals surface area contributed by atoms with Gasteiger partial charge in [-0.15, -0.1) is 0 Å². The Bertz CT molecular complexity index is 827. The number of carbonyl (C=O) groups is 1. The van der Waals surface area contributed by atoms with Crippen LogP contribution in [0.2, 0.25) is 0 Å². The van der Waals surface area contributed by atoms with E-state index in [4.69, 9.17) is 4.74 Å². The molecule has 1 aromatic carbocycles. The standard InChI is InChI=1S/C27H37NO2/c1-3-27-22(15-18(2)26(27)13-14-26)25(11-12-25)10-9-20-21(24(29)30-23(20)27)17-28-16-19-7-5-4-6-8-19/h4-8,18,20-23,28H,3,9-17H2,1-2H3. The minimum atomic E-state index is 0.0309. The van der Waals surface area contributed by atoms with E-state index in [0.717, 1.165) is 24.9 Å². The van der Waals surface area contributed by atoms with Crippen molar-refractivity contribution >= 4 is 5.97 Å². The number of fused-ring (bicyclic) bond motifs is 5. The zero-order valence-electron chi connectivity index (χ0n) is 18.7. The highest BCUT2D eigenvalue weighted by molar-refractivity contribution is 5.76. The van der Waals surface area contributed by atoms with Crippen molar-refractivity contribution in [1.29, 1.82) is 0 Å². The number of carbonyl (C=O) groups excluding carboxylic acids is 1. The van der Waals surface area contributed by atoms with Gasteiger partial charge in [0.05, 0.1) is 5.92 Å². The molecule has 0 bridgehead atoms. The monoisotopic (exact) mass is 407 g/mol. The van der Waals surface area contributed by atoms with Crippen LogP contribution in [0.5, 0.6) is 0 Å². The molecule has 1 aliphatic heterocycles. The molecule has 6 rings (SSSR count). The molecule has 3 nitrogen and oxygen atoms in total. The van der Waals surface area contributed by atoms with Crippen LogP contribution in [-0.2, 0) is 16.1 Å². The first-order valence-corrected chi connectivity index (χ1v) is 12.5. The molecule has 6 atom stereocenters. The Hall–Kier alpha value is -1.35. The van der Waals surface area contributed by atoms with E-state index in [9.17, 15) is 4.79 Å². The minimum Gasteiger partial charge on any atom is -0.461 e. The van der Waals surface area contributed by atoms with Crippen LogP contribution >= 0.6 is 0 Å². The molecule has 6 unspecified atom stereocenters. The molecule has 0 aromatic heterocycles. The molecule has 162 valence electrons. The molecule has 5 fully saturated rings. The Morgan fingerprint density at radius 1 is 1.10 bits per heavy atom. The summed E-state index contributed by atoms with van der Waals surface area (Å²) >= 11 is 0. The van der Waals surface area contributed by atoms with E-state index >= 15 is 0 Å². The van der Waals surface area contributed by atoms with Gasteiger partial charge >= 0.3 is 5.97 Å². The van der Waals surface area contributed by atoms with Gasteiger partial charge in [0.2, 0.25) is 0 Å². The highest BCUT2D eigenvalue weighted by Gasteiger charge is 2.78. The summed E-state index contributed by atoms with van der Waals surface area (Å²) in [4.78, 5) is 13.2. The molecule has 5 aliphatic rings. The second kappa shape index (κ2) is 6.58. The highest BCUT2D eigenvalue weighted by Crippen LogP contribution is 2.82. The summed E-state index contributed by atoms with van der Waals surface area (Å²) in [6.07, 6.45) is 10.8. The van der Waals surface area contributed by atoms with Gasteiger partial charge in [-0.05, 0) is 79.6 Å². The summed E-state index contributed by atoms with van der Waals surface area (Å²) in [6, 6.07) is 10.5. The van der Waals surface area contributed by atoms with E-state index in [-0.39, 0.29) is 23.4 Å². The summed E-state index contributed by atoms with van der Waals surface area (Å²) in [5.74, 6) is 2.10. The molecule has 1 saturated heterocycles. The van der Waals surface area contributed by atoms with Crippen molar-refractivity contribution in [2.24, 2.45) is 39.9 Å². The smallest absolute Gasteiger partial charge is 0.310 e. The van der Waals surface area contributed by atoms with Crippen LogP contribution in [0.4, 0.5) is 0 Å². The lowest BCUT2D eigenvalue weighted by Crippen LogP contribution is -2.48. The largest absolute Gasteiger partial charge is 0.461 e. The van der Waals surface area contributed by atoms with E-state index in [1.54, 1.807) is 0 Å². The number of hydrogen-bond donors (Lipinski definition) is 1. The van der Waals surface area contributed by atoms with Crippen LogP contribution in [0.25, 0.3) is 0 Å². The molecule has 3 heteroatoms. The van der Waals surface area contributed by atoms with Crippen molar-refractivity contribution < 1.29 is 9.53 Å². The average molecular weight is 408 g/mol. The predicted octanol–water partition coefficient (Wildman–Crippen LogP) is 5.34. The maximum Gasteiger partial charge on any atom is 0.310 e. The van der Waals surface area contributed by atoms with Gasteiger partial charge in [-0.25, -0.2) is 0 Å². The molecule has 1 heterocycles. The zero-order chi connectivity index (χ0) is 20.6. The fourth-order valence-electron chi connectivity index (χ4n) is 8.88. The number of rotatable bonds is 5. The lowest BCUT2D eigenvalue weighted by atomic mass is 9.58. The Morgan fingerprint density at radius 2 is 1.87 bits per heavy atom. The Morgan fingerprint density at radius 3 is 2.53 bits per heavy atom. The van der Waals surface area contributed by atoms with Crippen LogP contribution in [0.3, 0.4) is 0 Å². The van der Waals surface area contributed by atoms with E-state index < -0.39 is 0 Å². The number of ether oxygens (including phenoxy) is 1. The molecular weight excluding hydrogens is 370 g/mol. The summed E-state index contributed by atoms with van der Waals surface area (Å²) in [5, 5.41) is 3.60. The first kappa shape index (κ1) is 19.3. The molecule has 0 amide bonds. The van der Waals surface area contributed by atoms with Gasteiger partial charge in [0.1, 0.15) is 6.10 Å². The first-order chi connectivity index (χ1) is 14.6. The molecule has 30 heavy (non-hydrogen) atoms. The Labute approximate surface area is 181 Å². The van der Waals surface area contributed by atoms with Gasteiger partial charge in [-0.2, -0.15) is 0 Å². The van der Waals surface area contributed by atoms with Crippen molar-refractivity contribution in [2.45, 2.75) is 77.9 Å². The fraction of sp³-hybridized carbons (Fsp3) is 0.741. The summed E-state index contributed by atoms with van der Waals surface area (Å²) in [6.45, 7) is 6.52. The highest BCUT2D eigenvalue weighted by atomic mass is 16.6. The number of nitrogens with one attached hydrogen (secondary N) is 1. The maximum absolute atomic E-state index is 13.2. The van der Waals surface area contributed by atoms with Gasteiger partial charge in [-0.3, -0.25) is 4.79 Å². The first-order valence-electron chi connectivity index (χ1n) is 12.5. The van der Waals surface area contributed by atoms with Crippen LogP contribution in [0.15, 0.2) is 30.3 Å². The van der Waals surface area contributed by atoms with Crippen molar-refractivity contribution in [3.8, 4) is 0 Å². The molecule has 4 aliphatic carbocycles. The van der Waals surface area contributed by atoms with Crippen LogP contribution in [0, 0.1) is 39.9 Å². The van der Waals surface area contributed by atoms with Crippen molar-refractivity contribution in [2.75, 3.05) is 6.54 Å². The summed E-state index contributed by atoms with van der Waals surface area (Å²) in [5.41, 5.74) is 2.56. The number of benzene rings is 1. The van der Waals surface area contributed by atoms with Crippen LogP contribution in [0.1, 0.15) is 70.8 Å². The normalized spacial score (nSPS) is 41.9. The zero-order valence-corrected chi connectivity index (χ0v) is 18.7. The number of esters is 1. The number of hydrogen-bond acceptors (Lipinski definition) is 3. The maximum atomic E-state index is 13.2. The van der Waals surface area contributed by atoms with Crippen molar-refractivity contribution in [3.63, 3.8) is 0 Å². The van der Waals surface area contributed by atoms with E-state index in [1.807, 2.05) is 0 Å². The van der Waals surface area contributed by atoms with Gasteiger partial charge in [-0.1, -0.05) is 44.2 Å². The van der Waals surface area contributed by atoms with E-state index in [2.05, 4.69) is 49.5 Å². The summed E-state index contributed by atoms with van der Waals surface area (Å²) in [7, 11) is 0. The topological polar surface area (TPSA) is 38.3 Å². The molecule has 1 N–H and O–H groups in total. The lowest BCUT2D eigenvalue weighted by molar-refractivity contribution is -0.155. The third-order valence-corrected chi connectivity index (χ3v) is 10.6. The molecule has 0 radical (unpaired) electrons. The average Bonchev–Trinajstić information content (AvgIpc) is 3.66. The van der Waals surface area contributed by atoms with E-state index in [0.29, 0.717) is 16.7 Å². The van der Waals surface area contributed by atoms with Gasteiger partial charge < -0.3 is 10.1 Å². The fourth-order valence-corrected chi connectivity index (χ4v) is 8.88. The second-order valence-electron chi connectivity index (χ2n) is 11.4. The SMILES string of the molecule is CCC12C3OC(=O)C(CNCc4ccccc4)C3CCC3(CC3)C1CC(C)C21CC1. The third-order valence-electron chi connectivity index (χ3n) is 10.6. The van der Waals surface area contributed by atoms with Gasteiger partial charge in [0, 0.05) is 24.4 Å². The van der Waals surface area contributed by atoms with Crippen molar-refractivity contribution in [3.05, 3.63) is 35.9 Å². The second-order valence-corrected chi connectivity index (χ2v) is 11.4. The molecule has 2 spiro atoms. The van der Waals surface area contributed by atoms with E-state index in [1.165, 1.54) is 56.9 Å². The molecule has 4 saturated carbocycles. The van der Waals surface area contributed by atoms with Gasteiger partial charge in [0.15, 0.2) is 0 Å². The Balaban J connectivity index is 1.29. The summed E-state index contributed by atoms with van der Waals surface area (Å²) < 4.78 is 6.43. The van der Waals surface area contributed by atoms with Crippen molar-refractivity contribution in [1.82, 2.24) is 5.32 Å². The van der Waals surface area contributed by atoms with Crippen LogP contribution < -0.4 is 5.32 Å².